The van der Waals surface area contributed by atoms with E-state index in [0.717, 1.165) is 13.0 Å². The van der Waals surface area contributed by atoms with Gasteiger partial charge in [-0.15, -0.1) is 0 Å². The number of nitrogens with one attached hydrogen (secondary N) is 1. The molecule has 14 heavy (non-hydrogen) atoms. The van der Waals surface area contributed by atoms with E-state index in [1.807, 2.05) is 0 Å². The Morgan fingerprint density at radius 1 is 1.36 bits per heavy atom. The first-order chi connectivity index (χ1) is 6.70. The Morgan fingerprint density at radius 2 is 2.00 bits per heavy atom. The summed E-state index contributed by atoms with van der Waals surface area (Å²) in [7, 11) is 3.84. The largest absolute Gasteiger partial charge is 0.385 e. The first kappa shape index (κ1) is 12.0. The van der Waals surface area contributed by atoms with Crippen molar-refractivity contribution in [3.63, 3.8) is 0 Å². The second kappa shape index (κ2) is 5.69. The SMILES string of the molecule is CNC1(C)CCN(CCCOC)CC1. The number of piperidine rings is 1. The molecule has 0 amide bonds. The Kier molecular flexibility index (Phi) is 4.85. The van der Waals surface area contributed by atoms with Crippen molar-refractivity contribution in [3.05, 3.63) is 0 Å². The van der Waals surface area contributed by atoms with Gasteiger partial charge in [-0.3, -0.25) is 0 Å². The third-order valence-electron chi connectivity index (χ3n) is 3.39. The van der Waals surface area contributed by atoms with Crippen LogP contribution in [0.3, 0.4) is 0 Å². The van der Waals surface area contributed by atoms with Crippen LogP contribution in [0.25, 0.3) is 0 Å². The average molecular weight is 200 g/mol. The first-order valence-corrected chi connectivity index (χ1v) is 5.60. The van der Waals surface area contributed by atoms with Crippen LogP contribution >= 0.6 is 0 Å². The molecule has 0 bridgehead atoms. The molecule has 0 atom stereocenters. The molecule has 1 rings (SSSR count). The maximum Gasteiger partial charge on any atom is 0.0474 e. The van der Waals surface area contributed by atoms with Gasteiger partial charge in [-0.25, -0.2) is 0 Å². The highest BCUT2D eigenvalue weighted by Gasteiger charge is 2.27. The predicted molar refractivity (Wildman–Crippen MR) is 59.6 cm³/mol. The van der Waals surface area contributed by atoms with Gasteiger partial charge in [0, 0.05) is 25.8 Å². The van der Waals surface area contributed by atoms with Crippen LogP contribution in [0.15, 0.2) is 0 Å². The Morgan fingerprint density at radius 3 is 2.50 bits per heavy atom. The van der Waals surface area contributed by atoms with Gasteiger partial charge < -0.3 is 15.0 Å². The Balaban J connectivity index is 2.15. The molecular formula is C11H24N2O. The van der Waals surface area contributed by atoms with Crippen molar-refractivity contribution >= 4 is 0 Å². The van der Waals surface area contributed by atoms with Crippen LogP contribution in [0.5, 0.6) is 0 Å². The highest BCUT2D eigenvalue weighted by Crippen LogP contribution is 2.20. The fourth-order valence-electron chi connectivity index (χ4n) is 1.95. The van der Waals surface area contributed by atoms with E-state index in [0.29, 0.717) is 5.54 Å². The van der Waals surface area contributed by atoms with Gasteiger partial charge in [-0.05, 0) is 46.3 Å². The van der Waals surface area contributed by atoms with Gasteiger partial charge in [0.05, 0.1) is 0 Å². The summed E-state index contributed by atoms with van der Waals surface area (Å²) in [6.07, 6.45) is 3.68. The highest BCUT2D eigenvalue weighted by atomic mass is 16.5. The smallest absolute Gasteiger partial charge is 0.0474 e. The molecule has 0 radical (unpaired) electrons. The molecule has 0 aromatic rings. The van der Waals surface area contributed by atoms with Crippen LogP contribution in [0.4, 0.5) is 0 Å². The quantitative estimate of drug-likeness (QED) is 0.673. The molecule has 0 aromatic carbocycles. The minimum absolute atomic E-state index is 0.373. The summed E-state index contributed by atoms with van der Waals surface area (Å²) in [4.78, 5) is 2.54. The van der Waals surface area contributed by atoms with E-state index >= 15 is 0 Å². The normalized spacial score (nSPS) is 22.5. The molecule has 1 fully saturated rings. The lowest BCUT2D eigenvalue weighted by Gasteiger charge is -2.39. The van der Waals surface area contributed by atoms with Gasteiger partial charge in [-0.2, -0.15) is 0 Å². The molecule has 0 aliphatic carbocycles. The molecule has 1 N–H and O–H groups in total. The van der Waals surface area contributed by atoms with Crippen molar-refractivity contribution in [1.82, 2.24) is 10.2 Å². The third-order valence-corrected chi connectivity index (χ3v) is 3.39. The standard InChI is InChI=1S/C11H24N2O/c1-11(12-2)5-8-13(9-6-11)7-4-10-14-3/h12H,4-10H2,1-3H3. The van der Waals surface area contributed by atoms with Gasteiger partial charge in [0.25, 0.3) is 0 Å². The average Bonchev–Trinajstić information content (AvgIpc) is 2.22. The minimum atomic E-state index is 0.373. The zero-order valence-electron chi connectivity index (χ0n) is 9.81. The van der Waals surface area contributed by atoms with Crippen LogP contribution < -0.4 is 5.32 Å². The van der Waals surface area contributed by atoms with Crippen molar-refractivity contribution < 1.29 is 4.74 Å². The number of ether oxygens (including phenoxy) is 1. The Bertz CT molecular complexity index is 153. The molecule has 3 nitrogen and oxygen atoms in total. The lowest BCUT2D eigenvalue weighted by atomic mass is 9.90. The van der Waals surface area contributed by atoms with Gasteiger partial charge in [0.15, 0.2) is 0 Å². The van der Waals surface area contributed by atoms with E-state index in [-0.39, 0.29) is 0 Å². The second-order valence-electron chi connectivity index (χ2n) is 4.50. The maximum atomic E-state index is 5.06. The monoisotopic (exact) mass is 200 g/mol. The number of nitrogens with zero attached hydrogens (tertiary/aromatic N) is 1. The molecule has 0 spiro atoms. The van der Waals surface area contributed by atoms with E-state index in [2.05, 4.69) is 24.2 Å². The number of likely N-dealkylation sites (tertiary alicyclic amines) is 1. The molecule has 1 heterocycles. The summed E-state index contributed by atoms with van der Waals surface area (Å²) in [5, 5.41) is 3.42. The Labute approximate surface area is 87.8 Å². The first-order valence-electron chi connectivity index (χ1n) is 5.60. The maximum absolute atomic E-state index is 5.06. The van der Waals surface area contributed by atoms with Gasteiger partial charge in [-0.1, -0.05) is 0 Å². The van der Waals surface area contributed by atoms with Crippen molar-refractivity contribution in [1.29, 1.82) is 0 Å². The number of methoxy groups -OCH3 is 1. The third kappa shape index (κ3) is 3.56. The van der Waals surface area contributed by atoms with Crippen LogP contribution in [-0.2, 0) is 4.74 Å². The number of hydrogen-bond acceptors (Lipinski definition) is 3. The lowest BCUT2D eigenvalue weighted by Crippen LogP contribution is -2.50. The molecular weight excluding hydrogens is 176 g/mol. The summed E-state index contributed by atoms with van der Waals surface area (Å²) in [5.74, 6) is 0. The summed E-state index contributed by atoms with van der Waals surface area (Å²) in [5.41, 5.74) is 0.373. The lowest BCUT2D eigenvalue weighted by molar-refractivity contribution is 0.130. The molecule has 1 aliphatic rings. The van der Waals surface area contributed by atoms with Gasteiger partial charge in [0.1, 0.15) is 0 Å². The van der Waals surface area contributed by atoms with E-state index in [9.17, 15) is 0 Å². The molecule has 0 aromatic heterocycles. The molecule has 1 saturated heterocycles. The molecule has 84 valence electrons. The van der Waals surface area contributed by atoms with E-state index in [1.165, 1.54) is 32.5 Å². The Hall–Kier alpha value is -0.120. The van der Waals surface area contributed by atoms with Crippen LogP contribution in [0.2, 0.25) is 0 Å². The molecule has 3 heteroatoms. The molecule has 0 unspecified atom stereocenters. The highest BCUT2D eigenvalue weighted by molar-refractivity contribution is 4.87. The van der Waals surface area contributed by atoms with Crippen LogP contribution in [-0.4, -0.2) is 50.8 Å². The predicted octanol–water partition coefficient (Wildman–Crippen LogP) is 1.10. The summed E-state index contributed by atoms with van der Waals surface area (Å²) in [6, 6.07) is 0. The fraction of sp³-hybridized carbons (Fsp3) is 1.00. The van der Waals surface area contributed by atoms with Crippen LogP contribution in [0, 0.1) is 0 Å². The second-order valence-corrected chi connectivity index (χ2v) is 4.50. The van der Waals surface area contributed by atoms with Crippen molar-refractivity contribution in [2.45, 2.75) is 31.7 Å². The zero-order chi connectivity index (χ0) is 10.4. The van der Waals surface area contributed by atoms with E-state index in [1.54, 1.807) is 7.11 Å². The minimum Gasteiger partial charge on any atom is -0.385 e. The van der Waals surface area contributed by atoms with Crippen molar-refractivity contribution in [2.75, 3.05) is 40.4 Å². The summed E-state index contributed by atoms with van der Waals surface area (Å²) >= 11 is 0. The number of hydrogen-bond donors (Lipinski definition) is 1. The van der Waals surface area contributed by atoms with Gasteiger partial charge >= 0.3 is 0 Å². The zero-order valence-corrected chi connectivity index (χ0v) is 9.81. The number of rotatable bonds is 5. The van der Waals surface area contributed by atoms with Gasteiger partial charge in [0.2, 0.25) is 0 Å². The molecule has 0 saturated carbocycles. The van der Waals surface area contributed by atoms with Crippen molar-refractivity contribution in [3.8, 4) is 0 Å². The van der Waals surface area contributed by atoms with Crippen LogP contribution in [0.1, 0.15) is 26.2 Å². The topological polar surface area (TPSA) is 24.5 Å². The molecule has 1 aliphatic heterocycles. The van der Waals surface area contributed by atoms with E-state index < -0.39 is 0 Å². The van der Waals surface area contributed by atoms with Crippen molar-refractivity contribution in [2.24, 2.45) is 0 Å². The summed E-state index contributed by atoms with van der Waals surface area (Å²) < 4.78 is 5.06. The summed E-state index contributed by atoms with van der Waals surface area (Å²) in [6.45, 7) is 6.84. The fourth-order valence-corrected chi connectivity index (χ4v) is 1.95. The van der Waals surface area contributed by atoms with E-state index in [4.69, 9.17) is 4.74 Å².